The van der Waals surface area contributed by atoms with E-state index in [-0.39, 0.29) is 26.1 Å². The smallest absolute Gasteiger partial charge is 0.462 e. The Bertz CT molecular complexity index is 1220. The Morgan fingerprint density at radius 1 is 0.632 bits per heavy atom. The zero-order valence-corrected chi connectivity index (χ0v) is 37.3. The molecule has 57 heavy (non-hydrogen) atoms. The Labute approximate surface area is 347 Å². The Morgan fingerprint density at radius 2 is 1.16 bits per heavy atom. The van der Waals surface area contributed by atoms with Gasteiger partial charge in [0.15, 0.2) is 6.10 Å². The van der Waals surface area contributed by atoms with Gasteiger partial charge in [-0.25, -0.2) is 4.57 Å². The summed E-state index contributed by atoms with van der Waals surface area (Å²) in [7, 11) is 1.34. The van der Waals surface area contributed by atoms with E-state index < -0.39 is 38.6 Å². The van der Waals surface area contributed by atoms with Crippen LogP contribution in [0, 0.1) is 0 Å². The molecule has 0 aliphatic carbocycles. The molecule has 0 aliphatic heterocycles. The van der Waals surface area contributed by atoms with Gasteiger partial charge in [0, 0.05) is 12.8 Å². The van der Waals surface area contributed by atoms with Gasteiger partial charge in [-0.05, 0) is 77.0 Å². The summed E-state index contributed by atoms with van der Waals surface area (Å²) in [5.41, 5.74) is 0. The number of likely N-dealkylation sites (N-methyl/N-ethyl adjacent to an activating group) is 1. The number of carbonyl (C=O) groups is 2. The van der Waals surface area contributed by atoms with Crippen molar-refractivity contribution >= 4 is 19.8 Å². The number of unbranched alkanes of at least 4 members (excludes halogenated alkanes) is 11. The lowest BCUT2D eigenvalue weighted by Crippen LogP contribution is -2.37. The lowest BCUT2D eigenvalue weighted by molar-refractivity contribution is -0.870. The molecule has 328 valence electrons. The first kappa shape index (κ1) is 54.4. The largest absolute Gasteiger partial charge is 0.472 e. The average molecular weight is 823 g/mol. The molecular weight excluding hydrogens is 741 g/mol. The number of esters is 2. The second kappa shape index (κ2) is 37.7. The molecule has 11 heteroatoms. The first-order valence-corrected chi connectivity index (χ1v) is 23.3. The second-order valence-electron chi connectivity index (χ2n) is 15.6. The van der Waals surface area contributed by atoms with Crippen molar-refractivity contribution in [1.82, 2.24) is 0 Å². The SMILES string of the molecule is CCCCC/C=C\C/C=C\C/C=C\CCCCC(=O)O[C@H](COC(=O)CCCC(O)/C=C/C=C/C/C=C/CCCCCCCC)COP(=O)(O)OCC[N+](C)(C)C. The van der Waals surface area contributed by atoms with Gasteiger partial charge in [-0.15, -0.1) is 0 Å². The van der Waals surface area contributed by atoms with Crippen LogP contribution in [0.3, 0.4) is 0 Å². The van der Waals surface area contributed by atoms with Gasteiger partial charge in [0.1, 0.15) is 19.8 Å². The maximum Gasteiger partial charge on any atom is 0.472 e. The minimum Gasteiger partial charge on any atom is -0.462 e. The normalized spacial score (nSPS) is 14.9. The number of allylic oxidation sites excluding steroid dienone is 11. The molecule has 0 spiro atoms. The Balaban J connectivity index is 4.63. The molecule has 0 saturated heterocycles. The highest BCUT2D eigenvalue weighted by Crippen LogP contribution is 2.43. The van der Waals surface area contributed by atoms with E-state index in [2.05, 4.69) is 62.5 Å². The molecule has 0 bridgehead atoms. The summed E-state index contributed by atoms with van der Waals surface area (Å²) >= 11 is 0. The molecule has 2 unspecified atom stereocenters. The molecule has 10 nitrogen and oxygen atoms in total. The van der Waals surface area contributed by atoms with Crippen molar-refractivity contribution in [2.24, 2.45) is 0 Å². The van der Waals surface area contributed by atoms with Gasteiger partial charge in [-0.1, -0.05) is 132 Å². The minimum absolute atomic E-state index is 0.00792. The number of hydrogen-bond acceptors (Lipinski definition) is 8. The van der Waals surface area contributed by atoms with Crippen LogP contribution in [0.15, 0.2) is 72.9 Å². The van der Waals surface area contributed by atoms with E-state index in [9.17, 15) is 24.2 Å². The molecule has 0 aromatic rings. The first-order chi connectivity index (χ1) is 27.4. The number of quaternary nitrogens is 1. The van der Waals surface area contributed by atoms with Crippen molar-refractivity contribution in [3.63, 3.8) is 0 Å². The summed E-state index contributed by atoms with van der Waals surface area (Å²) in [5, 5.41) is 10.3. The molecule has 0 radical (unpaired) electrons. The Hall–Kier alpha value is -2.59. The predicted octanol–water partition coefficient (Wildman–Crippen LogP) is 11.2. The third-order valence-electron chi connectivity index (χ3n) is 8.81. The molecule has 3 atom stereocenters. The lowest BCUT2D eigenvalue weighted by atomic mass is 10.1. The van der Waals surface area contributed by atoms with Crippen LogP contribution in [0.1, 0.15) is 149 Å². The molecule has 0 fully saturated rings. The number of hydrogen-bond donors (Lipinski definition) is 2. The molecule has 0 aromatic carbocycles. The van der Waals surface area contributed by atoms with Crippen LogP contribution in [-0.2, 0) is 32.7 Å². The van der Waals surface area contributed by atoms with Gasteiger partial charge in [0.25, 0.3) is 0 Å². The van der Waals surface area contributed by atoms with E-state index in [4.69, 9.17) is 18.5 Å². The van der Waals surface area contributed by atoms with Crippen LogP contribution in [-0.4, -0.2) is 86.1 Å². The number of phosphoric ester groups is 1. The fourth-order valence-electron chi connectivity index (χ4n) is 5.32. The molecule has 0 amide bonds. The molecule has 2 N–H and O–H groups in total. The lowest BCUT2D eigenvalue weighted by Gasteiger charge is -2.24. The number of aliphatic hydroxyl groups is 1. The first-order valence-electron chi connectivity index (χ1n) is 21.8. The fraction of sp³-hybridized carbons (Fsp3) is 0.696. The Kier molecular flexibility index (Phi) is 36.0. The maximum absolute atomic E-state index is 12.7. The number of ether oxygens (including phenoxy) is 2. The van der Waals surface area contributed by atoms with Crippen molar-refractivity contribution < 1.29 is 47.2 Å². The molecular formula is C46H81NO9P+. The molecule has 0 aliphatic rings. The highest BCUT2D eigenvalue weighted by molar-refractivity contribution is 7.47. The quantitative estimate of drug-likeness (QED) is 0.0156. The van der Waals surface area contributed by atoms with Gasteiger partial charge in [0.2, 0.25) is 0 Å². The third kappa shape index (κ3) is 41.4. The van der Waals surface area contributed by atoms with E-state index in [0.29, 0.717) is 30.3 Å². The van der Waals surface area contributed by atoms with Crippen LogP contribution >= 0.6 is 7.82 Å². The highest BCUT2D eigenvalue weighted by Gasteiger charge is 2.27. The van der Waals surface area contributed by atoms with Crippen LogP contribution in [0.5, 0.6) is 0 Å². The van der Waals surface area contributed by atoms with Crippen LogP contribution < -0.4 is 0 Å². The summed E-state index contributed by atoms with van der Waals surface area (Å²) in [6, 6.07) is 0. The maximum atomic E-state index is 12.7. The molecule has 0 aromatic heterocycles. The van der Waals surface area contributed by atoms with Crippen LogP contribution in [0.4, 0.5) is 0 Å². The number of aliphatic hydroxyl groups excluding tert-OH is 1. The molecule has 0 heterocycles. The average Bonchev–Trinajstić information content (AvgIpc) is 3.15. The van der Waals surface area contributed by atoms with Crippen molar-refractivity contribution in [3.8, 4) is 0 Å². The van der Waals surface area contributed by atoms with E-state index in [1.54, 1.807) is 12.2 Å². The summed E-state index contributed by atoms with van der Waals surface area (Å²) in [4.78, 5) is 35.3. The third-order valence-corrected chi connectivity index (χ3v) is 9.80. The van der Waals surface area contributed by atoms with Crippen molar-refractivity contribution in [3.05, 3.63) is 72.9 Å². The van der Waals surface area contributed by atoms with E-state index in [1.165, 1.54) is 57.8 Å². The zero-order chi connectivity index (χ0) is 42.3. The Morgan fingerprint density at radius 3 is 1.79 bits per heavy atom. The number of nitrogens with zero attached hydrogens (tertiary/aromatic N) is 1. The van der Waals surface area contributed by atoms with Crippen molar-refractivity contribution in [2.45, 2.75) is 161 Å². The fourth-order valence-corrected chi connectivity index (χ4v) is 6.06. The summed E-state index contributed by atoms with van der Waals surface area (Å²) < 4.78 is 34.1. The number of phosphoric acid groups is 1. The monoisotopic (exact) mass is 823 g/mol. The van der Waals surface area contributed by atoms with Gasteiger partial charge in [0.05, 0.1) is 33.9 Å². The van der Waals surface area contributed by atoms with Crippen LogP contribution in [0.25, 0.3) is 0 Å². The standard InChI is InChI=1S/C46H80NO9P/c1-6-8-10-12-14-16-18-20-21-23-25-27-29-31-33-37-46(50)56-44(42-55-57(51,52)54-40-39-47(3,4)5)41-53-45(49)38-34-36-43(48)35-32-30-28-26-24-22-19-17-15-13-11-9-7-2/h14,16,20-22,24-25,27-28,30,32,35,43-44,48H,6-13,15,17-19,23,26,29,31,33-34,36-42H2,1-5H3/p+1/b16-14-,21-20-,24-22+,27-25-,30-28+,35-32+/t43?,44-/m1/s1. The highest BCUT2D eigenvalue weighted by atomic mass is 31.2. The summed E-state index contributed by atoms with van der Waals surface area (Å²) in [6.45, 7) is 4.10. The van der Waals surface area contributed by atoms with Gasteiger partial charge in [-0.2, -0.15) is 0 Å². The summed E-state index contributed by atoms with van der Waals surface area (Å²) in [6.07, 6.45) is 42.7. The van der Waals surface area contributed by atoms with E-state index in [0.717, 1.165) is 44.9 Å². The molecule has 0 saturated carbocycles. The van der Waals surface area contributed by atoms with Crippen molar-refractivity contribution in [2.75, 3.05) is 47.5 Å². The number of rotatable bonds is 38. The zero-order valence-electron chi connectivity index (χ0n) is 36.4. The predicted molar refractivity (Wildman–Crippen MR) is 235 cm³/mol. The number of carbonyl (C=O) groups excluding carboxylic acids is 2. The van der Waals surface area contributed by atoms with Crippen molar-refractivity contribution in [1.29, 1.82) is 0 Å². The topological polar surface area (TPSA) is 129 Å². The van der Waals surface area contributed by atoms with Gasteiger partial charge < -0.3 is 24.0 Å². The second-order valence-corrected chi connectivity index (χ2v) is 17.0. The van der Waals surface area contributed by atoms with E-state index in [1.807, 2.05) is 33.3 Å². The van der Waals surface area contributed by atoms with Crippen LogP contribution in [0.2, 0.25) is 0 Å². The summed E-state index contributed by atoms with van der Waals surface area (Å²) in [5.74, 6) is -1.05. The van der Waals surface area contributed by atoms with E-state index >= 15 is 0 Å². The van der Waals surface area contributed by atoms with Gasteiger partial charge >= 0.3 is 19.8 Å². The van der Waals surface area contributed by atoms with Gasteiger partial charge in [-0.3, -0.25) is 18.6 Å². The minimum atomic E-state index is -4.43. The molecule has 0 rings (SSSR count).